The van der Waals surface area contributed by atoms with E-state index in [1.807, 2.05) is 71.3 Å². The van der Waals surface area contributed by atoms with Gasteiger partial charge in [-0.1, -0.05) is 65.1 Å². The van der Waals surface area contributed by atoms with Crippen LogP contribution in [0.3, 0.4) is 0 Å². The zero-order valence-corrected chi connectivity index (χ0v) is 22.9. The minimum Gasteiger partial charge on any atom is -0.495 e. The maximum atomic E-state index is 14.1. The van der Waals surface area contributed by atoms with Crippen molar-refractivity contribution in [2.75, 3.05) is 12.4 Å². The molecule has 3 heterocycles. The van der Waals surface area contributed by atoms with Crippen LogP contribution in [0, 0.1) is 0 Å². The number of carbonyl (C=O) groups excluding carboxylic acids is 1. The van der Waals surface area contributed by atoms with Crippen LogP contribution in [0.4, 0.5) is 5.69 Å². The summed E-state index contributed by atoms with van der Waals surface area (Å²) in [5, 5.41) is 4.74. The smallest absolute Gasteiger partial charge is 0.273 e. The van der Waals surface area contributed by atoms with E-state index >= 15 is 0 Å². The number of nitrogens with one attached hydrogen (secondary N) is 1. The topological polar surface area (TPSA) is 47.7 Å². The molecule has 0 fully saturated rings. The molecule has 1 amide bonds. The SMILES string of the molecule is COc1ccccc1NC(=O)c1c(-c2ccc(Cl)cc2)c2c3n(c(-c4ccc(Cl)c(Cl)c4)cn13)CCCC2. The van der Waals surface area contributed by atoms with E-state index in [2.05, 4.69) is 9.88 Å². The molecule has 38 heavy (non-hydrogen) atoms. The molecule has 0 aliphatic carbocycles. The molecule has 5 nitrogen and oxygen atoms in total. The summed E-state index contributed by atoms with van der Waals surface area (Å²) in [7, 11) is 1.59. The maximum absolute atomic E-state index is 14.1. The van der Waals surface area contributed by atoms with Gasteiger partial charge in [-0.2, -0.15) is 0 Å². The van der Waals surface area contributed by atoms with Crippen LogP contribution in [0.5, 0.6) is 5.75 Å². The van der Waals surface area contributed by atoms with Gasteiger partial charge in [-0.25, -0.2) is 0 Å². The van der Waals surface area contributed by atoms with Crippen LogP contribution < -0.4 is 10.1 Å². The first-order valence-electron chi connectivity index (χ1n) is 12.4. The number of nitrogens with zero attached hydrogens (tertiary/aromatic N) is 2. The molecule has 0 spiro atoms. The third kappa shape index (κ3) is 4.25. The average molecular weight is 565 g/mol. The van der Waals surface area contributed by atoms with Gasteiger partial charge in [0.1, 0.15) is 17.1 Å². The number of amides is 1. The summed E-state index contributed by atoms with van der Waals surface area (Å²) in [6, 6.07) is 20.7. The van der Waals surface area contributed by atoms with Gasteiger partial charge in [-0.05, 0) is 61.2 Å². The predicted octanol–water partition coefficient (Wildman–Crippen LogP) is 8.63. The summed E-state index contributed by atoms with van der Waals surface area (Å²) >= 11 is 18.8. The van der Waals surface area contributed by atoms with Crippen molar-refractivity contribution in [1.29, 1.82) is 0 Å². The van der Waals surface area contributed by atoms with Crippen molar-refractivity contribution in [3.8, 4) is 28.1 Å². The Kier molecular flexibility index (Phi) is 6.60. The second kappa shape index (κ2) is 10.1. The lowest BCUT2D eigenvalue weighted by molar-refractivity contribution is 0.102. The molecule has 0 radical (unpaired) electrons. The van der Waals surface area contributed by atoms with Crippen LogP contribution in [0.15, 0.2) is 72.9 Å². The first kappa shape index (κ1) is 24.9. The highest BCUT2D eigenvalue weighted by molar-refractivity contribution is 6.42. The largest absolute Gasteiger partial charge is 0.495 e. The monoisotopic (exact) mass is 563 g/mol. The zero-order chi connectivity index (χ0) is 26.4. The van der Waals surface area contributed by atoms with Crippen LogP contribution >= 0.6 is 34.8 Å². The second-order valence-electron chi connectivity index (χ2n) is 9.31. The van der Waals surface area contributed by atoms with Crippen molar-refractivity contribution in [3.05, 3.63) is 99.3 Å². The molecular formula is C30H24Cl3N3O2. The number of para-hydroxylation sites is 2. The molecule has 2 aromatic heterocycles. The van der Waals surface area contributed by atoms with E-state index in [1.165, 1.54) is 0 Å². The van der Waals surface area contributed by atoms with Gasteiger partial charge >= 0.3 is 0 Å². The molecule has 0 bridgehead atoms. The van der Waals surface area contributed by atoms with Gasteiger partial charge < -0.3 is 14.6 Å². The van der Waals surface area contributed by atoms with Crippen molar-refractivity contribution < 1.29 is 9.53 Å². The normalized spacial score (nSPS) is 12.9. The Morgan fingerprint density at radius 3 is 2.45 bits per heavy atom. The molecule has 8 heteroatoms. The van der Waals surface area contributed by atoms with E-state index in [1.54, 1.807) is 13.2 Å². The number of aromatic nitrogens is 2. The number of anilines is 1. The van der Waals surface area contributed by atoms with E-state index in [9.17, 15) is 4.79 Å². The Bertz CT molecular complexity index is 1690. The number of aryl methyl sites for hydroxylation is 2. The molecule has 6 rings (SSSR count). The molecule has 0 saturated carbocycles. The number of imidazole rings is 1. The fraction of sp³-hybridized carbons (Fsp3) is 0.167. The van der Waals surface area contributed by atoms with Crippen molar-refractivity contribution in [2.24, 2.45) is 0 Å². The molecule has 0 saturated heterocycles. The Balaban J connectivity index is 1.61. The van der Waals surface area contributed by atoms with E-state index in [4.69, 9.17) is 39.5 Å². The van der Waals surface area contributed by atoms with Gasteiger partial charge in [0.05, 0.1) is 28.5 Å². The van der Waals surface area contributed by atoms with Crippen molar-refractivity contribution >= 4 is 52.0 Å². The molecule has 192 valence electrons. The number of rotatable bonds is 5. The van der Waals surface area contributed by atoms with Gasteiger partial charge in [0.15, 0.2) is 0 Å². The third-order valence-corrected chi connectivity index (χ3v) is 8.04. The lowest BCUT2D eigenvalue weighted by Crippen LogP contribution is -2.16. The second-order valence-corrected chi connectivity index (χ2v) is 10.6. The Morgan fingerprint density at radius 1 is 0.921 bits per heavy atom. The van der Waals surface area contributed by atoms with Gasteiger partial charge in [-0.15, -0.1) is 0 Å². The minimum atomic E-state index is -0.223. The molecule has 0 unspecified atom stereocenters. The van der Waals surface area contributed by atoms with Crippen molar-refractivity contribution in [3.63, 3.8) is 0 Å². The number of hydrogen-bond donors (Lipinski definition) is 1. The van der Waals surface area contributed by atoms with Gasteiger partial charge in [0, 0.05) is 34.5 Å². The highest BCUT2D eigenvalue weighted by atomic mass is 35.5. The van der Waals surface area contributed by atoms with Crippen LogP contribution in [-0.4, -0.2) is 22.0 Å². The van der Waals surface area contributed by atoms with Crippen LogP contribution in [-0.2, 0) is 13.0 Å². The summed E-state index contributed by atoms with van der Waals surface area (Å²) < 4.78 is 9.80. The lowest BCUT2D eigenvalue weighted by atomic mass is 9.97. The quantitative estimate of drug-likeness (QED) is 0.232. The zero-order valence-electron chi connectivity index (χ0n) is 20.6. The molecule has 0 atom stereocenters. The van der Waals surface area contributed by atoms with Crippen molar-refractivity contribution in [1.82, 2.24) is 8.97 Å². The lowest BCUT2D eigenvalue weighted by Gasteiger charge is -2.12. The molecular weight excluding hydrogens is 541 g/mol. The predicted molar refractivity (Wildman–Crippen MR) is 155 cm³/mol. The summed E-state index contributed by atoms with van der Waals surface area (Å²) in [6.45, 7) is 0.830. The van der Waals surface area contributed by atoms with Gasteiger partial charge in [0.2, 0.25) is 0 Å². The standard InChI is InChI=1S/C30H24Cl3N3O2/c1-38-26-8-3-2-7-24(26)34-29(37)28-27(18-9-12-20(31)13-10-18)21-6-4-5-15-35-25(17-36(28)30(21)35)19-11-14-22(32)23(33)16-19/h2-3,7-14,16-17H,4-6,15H2,1H3,(H,34,37). The van der Waals surface area contributed by atoms with Crippen LogP contribution in [0.1, 0.15) is 28.9 Å². The van der Waals surface area contributed by atoms with Gasteiger partial charge in [0.25, 0.3) is 5.91 Å². The Hall–Kier alpha value is -3.38. The van der Waals surface area contributed by atoms with Crippen LogP contribution in [0.2, 0.25) is 15.1 Å². The van der Waals surface area contributed by atoms with Crippen LogP contribution in [0.25, 0.3) is 28.0 Å². The van der Waals surface area contributed by atoms with Crippen molar-refractivity contribution in [2.45, 2.75) is 25.8 Å². The van der Waals surface area contributed by atoms with E-state index in [0.29, 0.717) is 32.2 Å². The first-order valence-corrected chi connectivity index (χ1v) is 13.5. The summed E-state index contributed by atoms with van der Waals surface area (Å²) in [4.78, 5) is 14.1. The maximum Gasteiger partial charge on any atom is 0.273 e. The number of benzene rings is 3. The first-order chi connectivity index (χ1) is 18.5. The van der Waals surface area contributed by atoms with E-state index in [-0.39, 0.29) is 5.91 Å². The highest BCUT2D eigenvalue weighted by Gasteiger charge is 2.30. The van der Waals surface area contributed by atoms with Gasteiger partial charge in [-0.3, -0.25) is 9.20 Å². The number of hydrogen-bond acceptors (Lipinski definition) is 2. The fourth-order valence-electron chi connectivity index (χ4n) is 5.35. The summed E-state index contributed by atoms with van der Waals surface area (Å²) in [5.41, 5.74) is 7.11. The number of halogens is 3. The fourth-order valence-corrected chi connectivity index (χ4v) is 5.78. The minimum absolute atomic E-state index is 0.223. The third-order valence-electron chi connectivity index (χ3n) is 7.05. The summed E-state index contributed by atoms with van der Waals surface area (Å²) in [5.74, 6) is 0.371. The van der Waals surface area contributed by atoms with E-state index in [0.717, 1.165) is 59.4 Å². The molecule has 1 N–H and O–H groups in total. The Morgan fingerprint density at radius 2 is 1.68 bits per heavy atom. The molecule has 1 aliphatic heterocycles. The molecule has 3 aromatic carbocycles. The molecule has 5 aromatic rings. The highest BCUT2D eigenvalue weighted by Crippen LogP contribution is 2.41. The Labute approximate surface area is 235 Å². The average Bonchev–Trinajstić information content (AvgIpc) is 3.34. The van der Waals surface area contributed by atoms with E-state index < -0.39 is 0 Å². The number of ether oxygens (including phenoxy) is 1. The number of carbonyl (C=O) groups is 1. The number of methoxy groups -OCH3 is 1. The summed E-state index contributed by atoms with van der Waals surface area (Å²) in [6.07, 6.45) is 4.92. The molecule has 1 aliphatic rings.